The molecule has 0 aliphatic heterocycles. The molecule has 4 aliphatic carbocycles. The van der Waals surface area contributed by atoms with Gasteiger partial charge in [0.25, 0.3) is 0 Å². The summed E-state index contributed by atoms with van der Waals surface area (Å²) in [5.41, 5.74) is 0.0102. The Hall–Kier alpha value is -0.0800. The average Bonchev–Trinajstić information content (AvgIpc) is 2.92. The number of hydrogen-bond donors (Lipinski definition) is 1. The maximum absolute atomic E-state index is 11.0. The molecule has 0 aromatic heterocycles. The van der Waals surface area contributed by atoms with Crippen LogP contribution < -0.4 is 0 Å². The van der Waals surface area contributed by atoms with Gasteiger partial charge in [-0.2, -0.15) is 0 Å². The predicted molar refractivity (Wildman–Crippen MR) is 107 cm³/mol. The van der Waals surface area contributed by atoms with Gasteiger partial charge in [-0.3, -0.25) is 0 Å². The van der Waals surface area contributed by atoms with Crippen LogP contribution in [0.4, 0.5) is 0 Å². The third-order valence-corrected chi connectivity index (χ3v) is 9.58. The first-order valence-electron chi connectivity index (χ1n) is 11.7. The van der Waals surface area contributed by atoms with Gasteiger partial charge >= 0.3 is 0 Å². The lowest BCUT2D eigenvalue weighted by molar-refractivity contribution is -0.171. The zero-order chi connectivity index (χ0) is 18.5. The molecule has 0 radical (unpaired) electrons. The van der Waals surface area contributed by atoms with Crippen molar-refractivity contribution >= 4 is 0 Å². The Morgan fingerprint density at radius 2 is 1.77 bits per heavy atom. The molecule has 4 aliphatic rings. The molecule has 0 saturated heterocycles. The summed E-state index contributed by atoms with van der Waals surface area (Å²) < 4.78 is 6.03. The quantitative estimate of drug-likeness (QED) is 0.682. The second-order valence-corrected chi connectivity index (χ2v) is 10.8. The highest BCUT2D eigenvalue weighted by molar-refractivity contribution is 5.07. The van der Waals surface area contributed by atoms with Crippen molar-refractivity contribution < 1.29 is 9.84 Å². The van der Waals surface area contributed by atoms with E-state index < -0.39 is 5.60 Å². The minimum atomic E-state index is -0.618. The molecule has 4 fully saturated rings. The number of aliphatic hydroxyl groups is 1. The first-order valence-corrected chi connectivity index (χ1v) is 11.7. The van der Waals surface area contributed by atoms with Gasteiger partial charge in [-0.25, -0.2) is 0 Å². The van der Waals surface area contributed by atoms with Crippen molar-refractivity contribution in [2.24, 2.45) is 40.9 Å². The third-order valence-electron chi connectivity index (χ3n) is 9.58. The summed E-state index contributed by atoms with van der Waals surface area (Å²) in [6.45, 7) is 9.85. The van der Waals surface area contributed by atoms with Crippen LogP contribution in [0.3, 0.4) is 0 Å². The van der Waals surface area contributed by atoms with Gasteiger partial charge in [-0.1, -0.05) is 26.7 Å². The Morgan fingerprint density at radius 1 is 0.962 bits per heavy atom. The Morgan fingerprint density at radius 3 is 2.50 bits per heavy atom. The molecule has 2 nitrogen and oxygen atoms in total. The molecule has 0 amide bonds. The molecule has 4 rings (SSSR count). The highest BCUT2D eigenvalue weighted by atomic mass is 16.5. The van der Waals surface area contributed by atoms with E-state index in [9.17, 15) is 5.11 Å². The molecule has 1 unspecified atom stereocenters. The molecule has 26 heavy (non-hydrogen) atoms. The predicted octanol–water partition coefficient (Wildman–Crippen LogP) is 5.82. The fourth-order valence-corrected chi connectivity index (χ4v) is 8.40. The summed E-state index contributed by atoms with van der Waals surface area (Å²) in [6, 6.07) is 0. The van der Waals surface area contributed by atoms with E-state index in [-0.39, 0.29) is 6.10 Å². The third kappa shape index (κ3) is 2.98. The van der Waals surface area contributed by atoms with Gasteiger partial charge in [0.2, 0.25) is 0 Å². The first kappa shape index (κ1) is 19.2. The molecule has 2 heteroatoms. The van der Waals surface area contributed by atoms with Crippen molar-refractivity contribution in [3.63, 3.8) is 0 Å². The zero-order valence-corrected chi connectivity index (χ0v) is 17.7. The van der Waals surface area contributed by atoms with Gasteiger partial charge in [-0.15, -0.1) is 0 Å². The van der Waals surface area contributed by atoms with Crippen LogP contribution >= 0.6 is 0 Å². The van der Waals surface area contributed by atoms with Crippen LogP contribution in [0.25, 0.3) is 0 Å². The number of fused-ring (bicyclic) bond motifs is 5. The van der Waals surface area contributed by atoms with E-state index in [2.05, 4.69) is 20.8 Å². The number of rotatable bonds is 4. The SMILES string of the molecule is CCCC1CC[C@H]2[C@@H]3CC[C@H]4C[C@](C)(O)[C@@H](OCC)C[C@@H]4[C@H]3CC[C@]12C. The van der Waals surface area contributed by atoms with Crippen LogP contribution in [0.15, 0.2) is 0 Å². The Labute approximate surface area is 161 Å². The van der Waals surface area contributed by atoms with Gasteiger partial charge in [0.05, 0.1) is 11.7 Å². The van der Waals surface area contributed by atoms with Crippen molar-refractivity contribution in [3.05, 3.63) is 0 Å². The summed E-state index contributed by atoms with van der Waals surface area (Å²) in [6.07, 6.45) is 13.6. The van der Waals surface area contributed by atoms with E-state index in [1.807, 2.05) is 6.92 Å². The fourth-order valence-electron chi connectivity index (χ4n) is 8.40. The van der Waals surface area contributed by atoms with Crippen LogP contribution in [0, 0.1) is 40.9 Å². The van der Waals surface area contributed by atoms with Crippen molar-refractivity contribution in [3.8, 4) is 0 Å². The molecule has 0 aromatic rings. The minimum Gasteiger partial charge on any atom is -0.387 e. The number of hydrogen-bond acceptors (Lipinski definition) is 2. The lowest BCUT2D eigenvalue weighted by Gasteiger charge is -2.58. The van der Waals surface area contributed by atoms with Crippen LogP contribution in [-0.4, -0.2) is 23.4 Å². The topological polar surface area (TPSA) is 29.5 Å². The molecule has 0 bridgehead atoms. The zero-order valence-electron chi connectivity index (χ0n) is 17.7. The molecule has 0 aromatic carbocycles. The second-order valence-electron chi connectivity index (χ2n) is 10.8. The Bertz CT molecular complexity index is 500. The van der Waals surface area contributed by atoms with E-state index >= 15 is 0 Å². The van der Waals surface area contributed by atoms with Crippen LogP contribution in [0.5, 0.6) is 0 Å². The molecular formula is C24H42O2. The van der Waals surface area contributed by atoms with Gasteiger partial charge in [-0.05, 0) is 106 Å². The van der Waals surface area contributed by atoms with Gasteiger partial charge in [0.1, 0.15) is 0 Å². The Kier molecular flexibility index (Phi) is 5.23. The fraction of sp³-hybridized carbons (Fsp3) is 1.00. The Balaban J connectivity index is 1.53. The van der Waals surface area contributed by atoms with E-state index in [0.29, 0.717) is 5.41 Å². The standard InChI is InChI=1S/C24H42O2/c1-5-7-17-9-11-21-19-10-8-16-15-24(4,25)22(26-6-2)14-20(16)18(19)12-13-23(17,21)3/h16-22,25H,5-15H2,1-4H3/t16-,17?,18-,19+,20-,21-,22-,23+,24-/m0/s1. The van der Waals surface area contributed by atoms with Crippen molar-refractivity contribution in [1.82, 2.24) is 0 Å². The average molecular weight is 363 g/mol. The summed E-state index contributed by atoms with van der Waals surface area (Å²) in [4.78, 5) is 0. The van der Waals surface area contributed by atoms with Crippen LogP contribution in [0.1, 0.15) is 91.9 Å². The molecule has 9 atom stereocenters. The summed E-state index contributed by atoms with van der Waals surface area (Å²) >= 11 is 0. The van der Waals surface area contributed by atoms with E-state index in [1.165, 1.54) is 51.4 Å². The van der Waals surface area contributed by atoms with Crippen LogP contribution in [0.2, 0.25) is 0 Å². The normalized spacial score (nSPS) is 53.7. The molecule has 0 spiro atoms. The van der Waals surface area contributed by atoms with Crippen molar-refractivity contribution in [1.29, 1.82) is 0 Å². The van der Waals surface area contributed by atoms with E-state index in [0.717, 1.165) is 55.0 Å². The van der Waals surface area contributed by atoms with E-state index in [1.54, 1.807) is 0 Å². The van der Waals surface area contributed by atoms with E-state index in [4.69, 9.17) is 4.74 Å². The smallest absolute Gasteiger partial charge is 0.0883 e. The molecular weight excluding hydrogens is 320 g/mol. The molecule has 1 N–H and O–H groups in total. The number of ether oxygens (including phenoxy) is 1. The van der Waals surface area contributed by atoms with Crippen LogP contribution in [-0.2, 0) is 4.74 Å². The molecule has 0 heterocycles. The highest BCUT2D eigenvalue weighted by Gasteiger charge is 2.58. The van der Waals surface area contributed by atoms with Gasteiger partial charge in [0.15, 0.2) is 0 Å². The maximum atomic E-state index is 11.0. The lowest BCUT2D eigenvalue weighted by atomic mass is 9.48. The maximum Gasteiger partial charge on any atom is 0.0883 e. The lowest BCUT2D eigenvalue weighted by Crippen LogP contribution is -2.55. The summed E-state index contributed by atoms with van der Waals surface area (Å²) in [5, 5.41) is 11.0. The van der Waals surface area contributed by atoms with Crippen molar-refractivity contribution in [2.75, 3.05) is 6.61 Å². The van der Waals surface area contributed by atoms with Gasteiger partial charge < -0.3 is 9.84 Å². The first-order chi connectivity index (χ1) is 12.4. The molecule has 4 saturated carbocycles. The summed E-state index contributed by atoms with van der Waals surface area (Å²) in [5.74, 6) is 5.38. The second kappa shape index (κ2) is 7.07. The van der Waals surface area contributed by atoms with Gasteiger partial charge in [0, 0.05) is 6.61 Å². The largest absolute Gasteiger partial charge is 0.387 e. The monoisotopic (exact) mass is 362 g/mol. The summed E-state index contributed by atoms with van der Waals surface area (Å²) in [7, 11) is 0. The molecule has 150 valence electrons. The van der Waals surface area contributed by atoms with Crippen molar-refractivity contribution in [2.45, 2.75) is 104 Å². The highest BCUT2D eigenvalue weighted by Crippen LogP contribution is 2.65. The minimum absolute atomic E-state index is 0.0530.